The third kappa shape index (κ3) is 2.32. The van der Waals surface area contributed by atoms with Crippen LogP contribution in [-0.4, -0.2) is 12.0 Å². The first-order chi connectivity index (χ1) is 8.61. The number of methoxy groups -OCH3 is 1. The fraction of sp³-hybridized carbons (Fsp3) is 0.143. The lowest BCUT2D eigenvalue weighted by Gasteiger charge is -2.09. The van der Waals surface area contributed by atoms with Crippen LogP contribution in [0.25, 0.3) is 11.1 Å². The summed E-state index contributed by atoms with van der Waals surface area (Å²) in [4.78, 5) is 10.4. The van der Waals surface area contributed by atoms with E-state index in [1.807, 2.05) is 31.2 Å². The summed E-state index contributed by atoms with van der Waals surface area (Å²) in [5, 5.41) is 10.8. The summed E-state index contributed by atoms with van der Waals surface area (Å²) >= 11 is 0. The summed E-state index contributed by atoms with van der Waals surface area (Å²) in [5.41, 5.74) is 2.80. The van der Waals surface area contributed by atoms with Crippen LogP contribution in [0.15, 0.2) is 42.5 Å². The summed E-state index contributed by atoms with van der Waals surface area (Å²) in [6.45, 7) is 1.97. The Morgan fingerprint density at radius 1 is 1.17 bits per heavy atom. The average molecular weight is 243 g/mol. The molecule has 2 aromatic carbocycles. The molecule has 0 saturated heterocycles. The Hall–Kier alpha value is -2.36. The summed E-state index contributed by atoms with van der Waals surface area (Å²) < 4.78 is 5.29. The molecule has 92 valence electrons. The number of nitro groups is 1. The normalized spacial score (nSPS) is 10.1. The number of hydrogen-bond donors (Lipinski definition) is 0. The van der Waals surface area contributed by atoms with E-state index < -0.39 is 4.92 Å². The second kappa shape index (κ2) is 4.87. The van der Waals surface area contributed by atoms with Gasteiger partial charge in [-0.25, -0.2) is 0 Å². The highest BCUT2D eigenvalue weighted by Crippen LogP contribution is 2.32. The van der Waals surface area contributed by atoms with Gasteiger partial charge in [-0.15, -0.1) is 0 Å². The maximum atomic E-state index is 10.8. The molecular weight excluding hydrogens is 230 g/mol. The Morgan fingerprint density at radius 3 is 2.61 bits per heavy atom. The lowest BCUT2D eigenvalue weighted by Crippen LogP contribution is -1.91. The molecule has 0 aliphatic rings. The molecule has 0 N–H and O–H groups in total. The second-order valence-corrected chi connectivity index (χ2v) is 4.01. The fourth-order valence-corrected chi connectivity index (χ4v) is 1.83. The minimum absolute atomic E-state index is 0.0797. The Labute approximate surface area is 105 Å². The second-order valence-electron chi connectivity index (χ2n) is 4.01. The van der Waals surface area contributed by atoms with Crippen LogP contribution in [0.2, 0.25) is 0 Å². The SMILES string of the molecule is COc1ccc(C)cc1-c1cccc([N+](=O)[O-])c1. The van der Waals surface area contributed by atoms with E-state index in [-0.39, 0.29) is 5.69 Å². The van der Waals surface area contributed by atoms with Gasteiger partial charge in [0.1, 0.15) is 5.75 Å². The van der Waals surface area contributed by atoms with E-state index in [2.05, 4.69) is 0 Å². The highest BCUT2D eigenvalue weighted by molar-refractivity contribution is 5.72. The molecule has 0 aromatic heterocycles. The molecule has 0 bridgehead atoms. The first-order valence-corrected chi connectivity index (χ1v) is 5.51. The van der Waals surface area contributed by atoms with E-state index in [4.69, 9.17) is 4.74 Å². The van der Waals surface area contributed by atoms with E-state index >= 15 is 0 Å². The number of nitro benzene ring substituents is 1. The van der Waals surface area contributed by atoms with Crippen molar-refractivity contribution < 1.29 is 9.66 Å². The molecule has 0 amide bonds. The number of hydrogen-bond acceptors (Lipinski definition) is 3. The molecule has 0 aliphatic carbocycles. The first kappa shape index (κ1) is 12.1. The predicted octanol–water partition coefficient (Wildman–Crippen LogP) is 3.58. The lowest BCUT2D eigenvalue weighted by molar-refractivity contribution is -0.384. The zero-order valence-corrected chi connectivity index (χ0v) is 10.2. The zero-order chi connectivity index (χ0) is 13.1. The van der Waals surface area contributed by atoms with E-state index in [9.17, 15) is 10.1 Å². The monoisotopic (exact) mass is 243 g/mol. The molecule has 0 atom stereocenters. The molecule has 0 saturated carbocycles. The number of nitrogens with zero attached hydrogens (tertiary/aromatic N) is 1. The van der Waals surface area contributed by atoms with Crippen molar-refractivity contribution in [2.24, 2.45) is 0 Å². The largest absolute Gasteiger partial charge is 0.496 e. The van der Waals surface area contributed by atoms with Gasteiger partial charge in [0.15, 0.2) is 0 Å². The van der Waals surface area contributed by atoms with Crippen molar-refractivity contribution in [3.05, 3.63) is 58.1 Å². The smallest absolute Gasteiger partial charge is 0.270 e. The van der Waals surface area contributed by atoms with Crippen molar-refractivity contribution in [3.8, 4) is 16.9 Å². The van der Waals surface area contributed by atoms with Crippen molar-refractivity contribution in [3.63, 3.8) is 0 Å². The van der Waals surface area contributed by atoms with Crippen LogP contribution < -0.4 is 4.74 Å². The van der Waals surface area contributed by atoms with E-state index in [1.165, 1.54) is 6.07 Å². The van der Waals surface area contributed by atoms with Crippen LogP contribution >= 0.6 is 0 Å². The number of rotatable bonds is 3. The van der Waals surface area contributed by atoms with E-state index in [1.54, 1.807) is 19.2 Å². The molecule has 0 fully saturated rings. The van der Waals surface area contributed by atoms with Crippen LogP contribution in [0, 0.1) is 17.0 Å². The molecule has 4 heteroatoms. The predicted molar refractivity (Wildman–Crippen MR) is 69.8 cm³/mol. The van der Waals surface area contributed by atoms with Crippen molar-refractivity contribution in [2.75, 3.05) is 7.11 Å². The van der Waals surface area contributed by atoms with Gasteiger partial charge >= 0.3 is 0 Å². The molecule has 0 heterocycles. The van der Waals surface area contributed by atoms with Crippen LogP contribution in [0.3, 0.4) is 0 Å². The topological polar surface area (TPSA) is 52.4 Å². The highest BCUT2D eigenvalue weighted by atomic mass is 16.6. The molecule has 2 rings (SSSR count). The summed E-state index contributed by atoms with van der Waals surface area (Å²) in [7, 11) is 1.59. The molecule has 0 aliphatic heterocycles. The minimum atomic E-state index is -0.397. The Kier molecular flexibility index (Phi) is 3.28. The van der Waals surface area contributed by atoms with Crippen LogP contribution in [0.1, 0.15) is 5.56 Å². The molecule has 0 radical (unpaired) electrons. The molecular formula is C14H13NO3. The standard InChI is InChI=1S/C14H13NO3/c1-10-6-7-14(18-2)13(8-10)11-4-3-5-12(9-11)15(16)17/h3-9H,1-2H3. The van der Waals surface area contributed by atoms with Gasteiger partial charge in [0.2, 0.25) is 0 Å². The number of aryl methyl sites for hydroxylation is 1. The van der Waals surface area contributed by atoms with Gasteiger partial charge in [0, 0.05) is 17.7 Å². The molecule has 4 nitrogen and oxygen atoms in total. The molecule has 2 aromatic rings. The molecule has 0 unspecified atom stereocenters. The van der Waals surface area contributed by atoms with Gasteiger partial charge in [0.05, 0.1) is 12.0 Å². The zero-order valence-electron chi connectivity index (χ0n) is 10.2. The van der Waals surface area contributed by atoms with Gasteiger partial charge < -0.3 is 4.74 Å². The molecule has 0 spiro atoms. The number of non-ortho nitro benzene ring substituents is 1. The van der Waals surface area contributed by atoms with Crippen molar-refractivity contribution in [2.45, 2.75) is 6.92 Å². The van der Waals surface area contributed by atoms with Gasteiger partial charge in [-0.1, -0.05) is 23.8 Å². The van der Waals surface area contributed by atoms with Crippen LogP contribution in [0.5, 0.6) is 5.75 Å². The minimum Gasteiger partial charge on any atom is -0.496 e. The molecule has 18 heavy (non-hydrogen) atoms. The number of ether oxygens (including phenoxy) is 1. The van der Waals surface area contributed by atoms with Crippen molar-refractivity contribution >= 4 is 5.69 Å². The van der Waals surface area contributed by atoms with Crippen LogP contribution in [-0.2, 0) is 0 Å². The average Bonchev–Trinajstić information content (AvgIpc) is 2.39. The fourth-order valence-electron chi connectivity index (χ4n) is 1.83. The Morgan fingerprint density at radius 2 is 1.94 bits per heavy atom. The van der Waals surface area contributed by atoms with Crippen LogP contribution in [0.4, 0.5) is 5.69 Å². The van der Waals surface area contributed by atoms with Gasteiger partial charge in [-0.05, 0) is 24.6 Å². The lowest BCUT2D eigenvalue weighted by atomic mass is 10.0. The maximum absolute atomic E-state index is 10.8. The maximum Gasteiger partial charge on any atom is 0.270 e. The Bertz CT molecular complexity index is 593. The number of benzene rings is 2. The third-order valence-electron chi connectivity index (χ3n) is 2.72. The summed E-state index contributed by atoms with van der Waals surface area (Å²) in [6, 6.07) is 12.3. The quantitative estimate of drug-likeness (QED) is 0.611. The van der Waals surface area contributed by atoms with Gasteiger partial charge in [-0.3, -0.25) is 10.1 Å². The van der Waals surface area contributed by atoms with E-state index in [0.29, 0.717) is 5.75 Å². The third-order valence-corrected chi connectivity index (χ3v) is 2.72. The summed E-state index contributed by atoms with van der Waals surface area (Å²) in [5.74, 6) is 0.709. The Balaban J connectivity index is 2.57. The van der Waals surface area contributed by atoms with Crippen molar-refractivity contribution in [1.29, 1.82) is 0 Å². The first-order valence-electron chi connectivity index (χ1n) is 5.51. The summed E-state index contributed by atoms with van der Waals surface area (Å²) in [6.07, 6.45) is 0. The highest BCUT2D eigenvalue weighted by Gasteiger charge is 2.10. The van der Waals surface area contributed by atoms with Gasteiger partial charge in [-0.2, -0.15) is 0 Å². The van der Waals surface area contributed by atoms with Crippen molar-refractivity contribution in [1.82, 2.24) is 0 Å². The van der Waals surface area contributed by atoms with E-state index in [0.717, 1.165) is 16.7 Å². The van der Waals surface area contributed by atoms with Gasteiger partial charge in [0.25, 0.3) is 5.69 Å².